The number of benzene rings is 1. The first-order valence-electron chi connectivity index (χ1n) is 5.75. The first-order chi connectivity index (χ1) is 7.88. The summed E-state index contributed by atoms with van der Waals surface area (Å²) in [6.45, 7) is 0.211. The molecule has 0 saturated heterocycles. The van der Waals surface area contributed by atoms with Crippen molar-refractivity contribution in [3.63, 3.8) is 0 Å². The highest BCUT2D eigenvalue weighted by molar-refractivity contribution is 5.38. The Bertz CT molecular complexity index is 379. The van der Waals surface area contributed by atoms with Gasteiger partial charge in [-0.05, 0) is 43.5 Å². The van der Waals surface area contributed by atoms with Gasteiger partial charge in [-0.1, -0.05) is 11.8 Å². The van der Waals surface area contributed by atoms with Crippen molar-refractivity contribution < 1.29 is 9.84 Å². The first kappa shape index (κ1) is 11.0. The van der Waals surface area contributed by atoms with Gasteiger partial charge in [-0.25, -0.2) is 0 Å². The quantitative estimate of drug-likeness (QED) is 0.618. The van der Waals surface area contributed by atoms with Gasteiger partial charge in [0, 0.05) is 18.6 Å². The van der Waals surface area contributed by atoms with E-state index in [4.69, 9.17) is 9.84 Å². The van der Waals surface area contributed by atoms with Crippen molar-refractivity contribution in [3.05, 3.63) is 29.8 Å². The van der Waals surface area contributed by atoms with Crippen molar-refractivity contribution in [1.29, 1.82) is 0 Å². The van der Waals surface area contributed by atoms with Gasteiger partial charge in [-0.2, -0.15) is 0 Å². The maximum atomic E-state index is 8.61. The summed E-state index contributed by atoms with van der Waals surface area (Å²) in [6, 6.07) is 7.88. The summed E-state index contributed by atoms with van der Waals surface area (Å²) < 4.78 is 5.64. The molecule has 1 aliphatic rings. The zero-order chi connectivity index (χ0) is 11.2. The largest absolute Gasteiger partial charge is 0.490 e. The minimum absolute atomic E-state index is 0.211. The molecule has 0 amide bonds. The third-order valence-electron chi connectivity index (χ3n) is 2.37. The normalized spacial score (nSPS) is 14.1. The monoisotopic (exact) mass is 216 g/mol. The number of unbranched alkanes of at least 4 members (excludes halogenated alkanes) is 1. The third kappa shape index (κ3) is 3.60. The van der Waals surface area contributed by atoms with Gasteiger partial charge in [-0.3, -0.25) is 0 Å². The molecule has 1 fully saturated rings. The lowest BCUT2D eigenvalue weighted by Gasteiger charge is -2.02. The summed E-state index contributed by atoms with van der Waals surface area (Å²) in [7, 11) is 0. The predicted octanol–water partition coefficient (Wildman–Crippen LogP) is 2.35. The van der Waals surface area contributed by atoms with E-state index in [1.165, 1.54) is 12.8 Å². The van der Waals surface area contributed by atoms with E-state index in [1.54, 1.807) is 0 Å². The smallest absolute Gasteiger partial charge is 0.119 e. The number of ether oxygens (including phenoxy) is 1. The first-order valence-corrected chi connectivity index (χ1v) is 5.75. The van der Waals surface area contributed by atoms with Crippen LogP contribution in [0.2, 0.25) is 0 Å². The van der Waals surface area contributed by atoms with Crippen molar-refractivity contribution in [2.24, 2.45) is 0 Å². The fourth-order valence-electron chi connectivity index (χ4n) is 1.33. The van der Waals surface area contributed by atoms with Crippen LogP contribution in [0.25, 0.3) is 0 Å². The number of hydrogen-bond acceptors (Lipinski definition) is 2. The molecule has 1 saturated carbocycles. The summed E-state index contributed by atoms with van der Waals surface area (Å²) in [4.78, 5) is 0. The average molecular weight is 216 g/mol. The summed E-state index contributed by atoms with van der Waals surface area (Å²) in [5.41, 5.74) is 1.00. The minimum atomic E-state index is 0.211. The maximum absolute atomic E-state index is 8.61. The summed E-state index contributed by atoms with van der Waals surface area (Å²) in [5.74, 6) is 7.02. The molecule has 2 nitrogen and oxygen atoms in total. The fourth-order valence-corrected chi connectivity index (χ4v) is 1.33. The van der Waals surface area contributed by atoms with Crippen molar-refractivity contribution in [2.45, 2.75) is 31.8 Å². The lowest BCUT2D eigenvalue weighted by atomic mass is 10.2. The van der Waals surface area contributed by atoms with Gasteiger partial charge in [0.05, 0.1) is 6.10 Å². The van der Waals surface area contributed by atoms with E-state index in [9.17, 15) is 0 Å². The van der Waals surface area contributed by atoms with Crippen LogP contribution in [0.15, 0.2) is 24.3 Å². The zero-order valence-electron chi connectivity index (χ0n) is 9.28. The molecule has 84 valence electrons. The molecule has 0 radical (unpaired) electrons. The van der Waals surface area contributed by atoms with E-state index in [2.05, 4.69) is 11.8 Å². The van der Waals surface area contributed by atoms with E-state index in [1.807, 2.05) is 24.3 Å². The predicted molar refractivity (Wildman–Crippen MR) is 63.3 cm³/mol. The summed E-state index contributed by atoms with van der Waals surface area (Å²) >= 11 is 0. The van der Waals surface area contributed by atoms with Gasteiger partial charge in [0.25, 0.3) is 0 Å². The molecule has 1 aromatic rings. The highest BCUT2D eigenvalue weighted by Crippen LogP contribution is 2.26. The molecule has 0 bridgehead atoms. The molecule has 0 atom stereocenters. The van der Waals surface area contributed by atoms with Crippen LogP contribution in [-0.2, 0) is 0 Å². The topological polar surface area (TPSA) is 29.5 Å². The lowest BCUT2D eigenvalue weighted by molar-refractivity contribution is 0.290. The molecule has 0 unspecified atom stereocenters. The molecule has 1 N–H and O–H groups in total. The van der Waals surface area contributed by atoms with Gasteiger partial charge < -0.3 is 9.84 Å². The minimum Gasteiger partial charge on any atom is -0.490 e. The van der Waals surface area contributed by atoms with E-state index in [0.717, 1.165) is 24.2 Å². The van der Waals surface area contributed by atoms with Gasteiger partial charge in [0.2, 0.25) is 0 Å². The van der Waals surface area contributed by atoms with Crippen LogP contribution >= 0.6 is 0 Å². The van der Waals surface area contributed by atoms with Crippen LogP contribution in [0.4, 0.5) is 0 Å². The Kier molecular flexibility index (Phi) is 3.85. The van der Waals surface area contributed by atoms with Crippen molar-refractivity contribution >= 4 is 0 Å². The Morgan fingerprint density at radius 1 is 1.25 bits per heavy atom. The Morgan fingerprint density at radius 2 is 2.00 bits per heavy atom. The second kappa shape index (κ2) is 5.58. The van der Waals surface area contributed by atoms with Crippen LogP contribution < -0.4 is 4.74 Å². The molecular weight excluding hydrogens is 200 g/mol. The van der Waals surface area contributed by atoms with E-state index < -0.39 is 0 Å². The van der Waals surface area contributed by atoms with Gasteiger partial charge in [0.15, 0.2) is 0 Å². The molecule has 0 aliphatic heterocycles. The lowest BCUT2D eigenvalue weighted by Crippen LogP contribution is -1.95. The maximum Gasteiger partial charge on any atom is 0.119 e. The Labute approximate surface area is 96.3 Å². The van der Waals surface area contributed by atoms with Crippen LogP contribution in [0.5, 0.6) is 5.75 Å². The van der Waals surface area contributed by atoms with Crippen molar-refractivity contribution in [3.8, 4) is 17.6 Å². The number of hydrogen-bond donors (Lipinski definition) is 1. The fraction of sp³-hybridized carbons (Fsp3) is 0.429. The van der Waals surface area contributed by atoms with Gasteiger partial charge >= 0.3 is 0 Å². The molecule has 1 aromatic carbocycles. The summed E-state index contributed by atoms with van der Waals surface area (Å²) in [5, 5.41) is 8.61. The molecule has 16 heavy (non-hydrogen) atoms. The van der Waals surface area contributed by atoms with Crippen molar-refractivity contribution in [2.75, 3.05) is 6.61 Å². The van der Waals surface area contributed by atoms with Crippen molar-refractivity contribution in [1.82, 2.24) is 0 Å². The molecular formula is C14H16O2. The second-order valence-corrected chi connectivity index (χ2v) is 3.97. The third-order valence-corrected chi connectivity index (χ3v) is 2.37. The highest BCUT2D eigenvalue weighted by Gasteiger charge is 2.23. The Balaban J connectivity index is 1.87. The number of aliphatic hydroxyl groups is 1. The standard InChI is InChI=1S/C14H16O2/c15-11-3-1-2-4-12-5-7-13(8-6-12)16-14-9-10-14/h5-8,14-15H,1,3,9-11H2. The van der Waals surface area contributed by atoms with Gasteiger partial charge in [0.1, 0.15) is 5.75 Å². The molecule has 0 aromatic heterocycles. The second-order valence-electron chi connectivity index (χ2n) is 3.97. The van der Waals surface area contributed by atoms with Crippen LogP contribution in [0.3, 0.4) is 0 Å². The highest BCUT2D eigenvalue weighted by atomic mass is 16.5. The Morgan fingerprint density at radius 3 is 2.62 bits per heavy atom. The van der Waals surface area contributed by atoms with E-state index in [-0.39, 0.29) is 6.61 Å². The Hall–Kier alpha value is -1.46. The van der Waals surface area contributed by atoms with E-state index >= 15 is 0 Å². The summed E-state index contributed by atoms with van der Waals surface area (Å²) in [6.07, 6.45) is 4.31. The number of aliphatic hydroxyl groups excluding tert-OH is 1. The molecule has 2 heteroatoms. The molecule has 0 heterocycles. The van der Waals surface area contributed by atoms with Crippen LogP contribution in [0.1, 0.15) is 31.2 Å². The van der Waals surface area contributed by atoms with E-state index in [0.29, 0.717) is 6.10 Å². The van der Waals surface area contributed by atoms with Gasteiger partial charge in [-0.15, -0.1) is 0 Å². The van der Waals surface area contributed by atoms with Crippen LogP contribution in [0, 0.1) is 11.8 Å². The zero-order valence-corrected chi connectivity index (χ0v) is 9.28. The molecule has 0 spiro atoms. The SMILES string of the molecule is OCCCC#Cc1ccc(OC2CC2)cc1. The molecule has 2 rings (SSSR count). The molecule has 1 aliphatic carbocycles. The average Bonchev–Trinajstić information content (AvgIpc) is 3.11. The van der Waals surface area contributed by atoms with Crippen LogP contribution in [-0.4, -0.2) is 17.8 Å². The number of rotatable bonds is 4.